The number of methoxy groups -OCH3 is 2. The molecule has 1 atom stereocenters. The monoisotopic (exact) mass is 371 g/mol. The van der Waals surface area contributed by atoms with Crippen LogP contribution in [0, 0.1) is 11.7 Å². The molecule has 1 aromatic rings. The number of carbonyl (C=O) groups excluding carboxylic acids is 1. The quantitative estimate of drug-likeness (QED) is 0.773. The molecule has 2 aliphatic heterocycles. The Morgan fingerprint density at radius 2 is 2.08 bits per heavy atom. The third-order valence-electron chi connectivity index (χ3n) is 5.33. The largest absolute Gasteiger partial charge is 0.496 e. The van der Waals surface area contributed by atoms with E-state index in [1.54, 1.807) is 12.0 Å². The van der Waals surface area contributed by atoms with Gasteiger partial charge in [-0.2, -0.15) is 0 Å². The molecule has 0 aliphatic carbocycles. The van der Waals surface area contributed by atoms with Gasteiger partial charge in [0.05, 0.1) is 25.9 Å². The van der Waals surface area contributed by atoms with Crippen LogP contribution in [0.15, 0.2) is 18.2 Å². The zero-order chi connectivity index (χ0) is 18.2. The Morgan fingerprint density at radius 3 is 2.72 bits per heavy atom. The van der Waals surface area contributed by atoms with Gasteiger partial charge >= 0.3 is 0 Å². The fraction of sp³-hybridized carbons (Fsp3) is 0.588. The molecule has 8 heteroatoms. The van der Waals surface area contributed by atoms with Gasteiger partial charge in [-0.05, 0) is 12.5 Å². The summed E-state index contributed by atoms with van der Waals surface area (Å²) in [5, 5.41) is 0. The van der Waals surface area contributed by atoms with Gasteiger partial charge in [0.1, 0.15) is 16.3 Å². The van der Waals surface area contributed by atoms with Crippen molar-refractivity contribution in [1.82, 2.24) is 4.90 Å². The summed E-state index contributed by atoms with van der Waals surface area (Å²) in [6.07, 6.45) is 0.624. The molecule has 1 spiro atoms. The molecule has 0 unspecified atom stereocenters. The smallest absolute Gasteiger partial charge is 0.227 e. The van der Waals surface area contributed by atoms with Crippen molar-refractivity contribution in [3.63, 3.8) is 0 Å². The minimum Gasteiger partial charge on any atom is -0.496 e. The van der Waals surface area contributed by atoms with Crippen LogP contribution in [0.2, 0.25) is 0 Å². The van der Waals surface area contributed by atoms with E-state index in [0.29, 0.717) is 24.3 Å². The summed E-state index contributed by atoms with van der Waals surface area (Å²) in [4.78, 5) is 14.1. The maximum absolute atomic E-state index is 13.3. The predicted octanol–water partition coefficient (Wildman–Crippen LogP) is 1.04. The zero-order valence-corrected chi connectivity index (χ0v) is 15.1. The Kier molecular flexibility index (Phi) is 4.76. The van der Waals surface area contributed by atoms with Crippen molar-refractivity contribution in [2.75, 3.05) is 39.7 Å². The first kappa shape index (κ1) is 18.1. The Balaban J connectivity index is 1.71. The second-order valence-electron chi connectivity index (χ2n) is 6.71. The van der Waals surface area contributed by atoms with E-state index >= 15 is 0 Å². The van der Waals surface area contributed by atoms with Crippen LogP contribution in [0.5, 0.6) is 5.75 Å². The van der Waals surface area contributed by atoms with Gasteiger partial charge in [-0.25, -0.2) is 12.8 Å². The van der Waals surface area contributed by atoms with Gasteiger partial charge in [-0.3, -0.25) is 4.79 Å². The van der Waals surface area contributed by atoms with E-state index in [9.17, 15) is 17.6 Å². The number of rotatable bonds is 5. The van der Waals surface area contributed by atoms with E-state index in [0.717, 1.165) is 0 Å². The van der Waals surface area contributed by atoms with E-state index in [1.165, 1.54) is 25.3 Å². The zero-order valence-electron chi connectivity index (χ0n) is 14.3. The van der Waals surface area contributed by atoms with Crippen molar-refractivity contribution >= 4 is 15.7 Å². The summed E-state index contributed by atoms with van der Waals surface area (Å²) in [7, 11) is -0.252. The molecule has 2 aliphatic rings. The van der Waals surface area contributed by atoms with E-state index in [4.69, 9.17) is 9.47 Å². The number of ether oxygens (including phenoxy) is 2. The van der Waals surface area contributed by atoms with Gasteiger partial charge in [0.25, 0.3) is 0 Å². The van der Waals surface area contributed by atoms with Gasteiger partial charge in [0, 0.05) is 37.7 Å². The Bertz CT molecular complexity index is 773. The maximum atomic E-state index is 13.3. The van der Waals surface area contributed by atoms with Crippen LogP contribution in [0.25, 0.3) is 0 Å². The van der Waals surface area contributed by atoms with Crippen LogP contribution in [0.4, 0.5) is 4.39 Å². The summed E-state index contributed by atoms with van der Waals surface area (Å²) >= 11 is 0. The first-order chi connectivity index (χ1) is 11.8. The second kappa shape index (κ2) is 6.57. The van der Waals surface area contributed by atoms with Crippen molar-refractivity contribution in [2.24, 2.45) is 5.92 Å². The summed E-state index contributed by atoms with van der Waals surface area (Å²) < 4.78 is 47.6. The Hall–Kier alpha value is -1.67. The summed E-state index contributed by atoms with van der Waals surface area (Å²) in [5.41, 5.74) is 0.581. The SMILES string of the molecule is COC[C@@H]1CCS(=O)(=O)C12CN(C(=O)Cc1ccc(F)cc1OC)C2. The third-order valence-corrected chi connectivity index (χ3v) is 7.93. The number of hydrogen-bond acceptors (Lipinski definition) is 5. The number of nitrogens with zero attached hydrogens (tertiary/aromatic N) is 1. The number of sulfone groups is 1. The standard InChI is InChI=1S/C17H22FNO5S/c1-23-9-13-5-6-25(21,22)17(13)10-19(11-17)16(20)7-12-3-4-14(18)8-15(12)24-2/h3-4,8,13H,5-7,9-11H2,1-2H3/t13-/m0/s1. The predicted molar refractivity (Wildman–Crippen MR) is 89.7 cm³/mol. The average molecular weight is 371 g/mol. The maximum Gasteiger partial charge on any atom is 0.227 e. The highest BCUT2D eigenvalue weighted by Gasteiger charge is 2.62. The second-order valence-corrected chi connectivity index (χ2v) is 9.16. The van der Waals surface area contributed by atoms with Gasteiger partial charge < -0.3 is 14.4 Å². The van der Waals surface area contributed by atoms with Crippen molar-refractivity contribution in [3.8, 4) is 5.75 Å². The molecule has 1 amide bonds. The Labute approximate surface area is 146 Å². The van der Waals surface area contributed by atoms with Gasteiger partial charge in [-0.1, -0.05) is 6.07 Å². The van der Waals surface area contributed by atoms with Gasteiger partial charge in [0.2, 0.25) is 5.91 Å². The summed E-state index contributed by atoms with van der Waals surface area (Å²) in [6.45, 7) is 0.782. The van der Waals surface area contributed by atoms with E-state index < -0.39 is 20.4 Å². The first-order valence-corrected chi connectivity index (χ1v) is 9.79. The van der Waals surface area contributed by atoms with Gasteiger partial charge in [0.15, 0.2) is 9.84 Å². The summed E-state index contributed by atoms with van der Waals surface area (Å²) in [6, 6.07) is 4.02. The molecule has 138 valence electrons. The van der Waals surface area contributed by atoms with Crippen LogP contribution in [0.3, 0.4) is 0 Å². The Morgan fingerprint density at radius 1 is 1.36 bits per heavy atom. The minimum atomic E-state index is -3.23. The van der Waals surface area contributed by atoms with Gasteiger partial charge in [-0.15, -0.1) is 0 Å². The number of likely N-dealkylation sites (tertiary alicyclic amines) is 1. The van der Waals surface area contributed by atoms with Crippen LogP contribution < -0.4 is 4.74 Å². The molecular formula is C17H22FNO5S. The molecule has 0 saturated carbocycles. The van der Waals surface area contributed by atoms with Crippen LogP contribution in [0.1, 0.15) is 12.0 Å². The van der Waals surface area contributed by atoms with E-state index in [2.05, 4.69) is 0 Å². The lowest BCUT2D eigenvalue weighted by Gasteiger charge is -2.49. The summed E-state index contributed by atoms with van der Waals surface area (Å²) in [5.74, 6) is -0.236. The molecule has 6 nitrogen and oxygen atoms in total. The molecule has 0 N–H and O–H groups in total. The number of hydrogen-bond donors (Lipinski definition) is 0. The molecule has 0 radical (unpaired) electrons. The van der Waals surface area contributed by atoms with Crippen molar-refractivity contribution in [1.29, 1.82) is 0 Å². The molecule has 0 bridgehead atoms. The molecule has 2 heterocycles. The van der Waals surface area contributed by atoms with Crippen LogP contribution >= 0.6 is 0 Å². The minimum absolute atomic E-state index is 0.0501. The number of amides is 1. The van der Waals surface area contributed by atoms with E-state index in [-0.39, 0.29) is 37.1 Å². The molecule has 25 heavy (non-hydrogen) atoms. The highest BCUT2D eigenvalue weighted by atomic mass is 32.2. The third kappa shape index (κ3) is 3.01. The number of halogens is 1. The van der Waals surface area contributed by atoms with Crippen molar-refractivity contribution < 1.29 is 27.1 Å². The molecule has 2 saturated heterocycles. The lowest BCUT2D eigenvalue weighted by Crippen LogP contribution is -2.69. The topological polar surface area (TPSA) is 72.9 Å². The average Bonchev–Trinajstić information content (AvgIpc) is 2.78. The normalized spacial score (nSPS) is 23.5. The lowest BCUT2D eigenvalue weighted by molar-refractivity contribution is -0.137. The van der Waals surface area contributed by atoms with Crippen molar-refractivity contribution in [3.05, 3.63) is 29.6 Å². The van der Waals surface area contributed by atoms with Crippen LogP contribution in [-0.4, -0.2) is 63.6 Å². The highest BCUT2D eigenvalue weighted by molar-refractivity contribution is 7.93. The molecule has 0 aromatic heterocycles. The fourth-order valence-electron chi connectivity index (χ4n) is 3.82. The lowest BCUT2D eigenvalue weighted by atomic mass is 9.83. The fourth-order valence-corrected chi connectivity index (χ4v) is 6.22. The van der Waals surface area contributed by atoms with Crippen LogP contribution in [-0.2, 0) is 25.8 Å². The van der Waals surface area contributed by atoms with E-state index in [1.807, 2.05) is 0 Å². The molecule has 2 fully saturated rings. The number of carbonyl (C=O) groups is 1. The molecular weight excluding hydrogens is 349 g/mol. The highest BCUT2D eigenvalue weighted by Crippen LogP contribution is 2.45. The van der Waals surface area contributed by atoms with Crippen molar-refractivity contribution in [2.45, 2.75) is 17.6 Å². The number of benzene rings is 1. The molecule has 3 rings (SSSR count). The first-order valence-electron chi connectivity index (χ1n) is 8.14. The molecule has 1 aromatic carbocycles.